The number of nitrogens with one attached hydrogen (secondary N) is 1. The van der Waals surface area contributed by atoms with Crippen LogP contribution in [0.25, 0.3) is 0 Å². The van der Waals surface area contributed by atoms with E-state index in [1.807, 2.05) is 6.92 Å². The molecule has 1 amide bonds. The predicted octanol–water partition coefficient (Wildman–Crippen LogP) is 3.75. The molecule has 0 aromatic heterocycles. The summed E-state index contributed by atoms with van der Waals surface area (Å²) in [5.74, 6) is 0.291. The van der Waals surface area contributed by atoms with Gasteiger partial charge >= 0.3 is 0 Å². The van der Waals surface area contributed by atoms with Gasteiger partial charge in [0.2, 0.25) is 0 Å². The summed E-state index contributed by atoms with van der Waals surface area (Å²) in [6.45, 7) is 1.79. The molecule has 1 aliphatic carbocycles. The number of ether oxygens (including phenoxy) is 1. The van der Waals surface area contributed by atoms with Crippen LogP contribution in [0.2, 0.25) is 5.02 Å². The summed E-state index contributed by atoms with van der Waals surface area (Å²) >= 11 is 5.80. The van der Waals surface area contributed by atoms with E-state index >= 15 is 0 Å². The Kier molecular flexibility index (Phi) is 5.16. The number of carbonyl (C=O) groups excluding carboxylic acids is 1. The van der Waals surface area contributed by atoms with Gasteiger partial charge in [-0.1, -0.05) is 23.7 Å². The molecule has 1 aliphatic rings. The van der Waals surface area contributed by atoms with Crippen LogP contribution in [0.3, 0.4) is 0 Å². The second-order valence-electron chi connectivity index (χ2n) is 5.81. The summed E-state index contributed by atoms with van der Waals surface area (Å²) in [4.78, 5) is 11.8. The van der Waals surface area contributed by atoms with Crippen LogP contribution in [0.5, 0.6) is 5.75 Å². The van der Waals surface area contributed by atoms with Gasteiger partial charge < -0.3 is 4.74 Å². The molecule has 0 saturated carbocycles. The van der Waals surface area contributed by atoms with Gasteiger partial charge in [0.25, 0.3) is 5.91 Å². The molecule has 3 rings (SSSR count). The molecule has 0 aliphatic heterocycles. The molecular weight excluding hydrogens is 324 g/mol. The van der Waals surface area contributed by atoms with E-state index in [0.29, 0.717) is 10.8 Å². The molecule has 24 heavy (non-hydrogen) atoms. The minimum atomic E-state index is -0.300. The van der Waals surface area contributed by atoms with Crippen molar-refractivity contribution in [2.24, 2.45) is 5.10 Å². The molecule has 0 heterocycles. The summed E-state index contributed by atoms with van der Waals surface area (Å²) in [7, 11) is 0. The largest absolute Gasteiger partial charge is 0.484 e. The maximum atomic E-state index is 11.8. The van der Waals surface area contributed by atoms with Crippen molar-refractivity contribution in [1.82, 2.24) is 5.43 Å². The Labute approximate surface area is 146 Å². The lowest BCUT2D eigenvalue weighted by molar-refractivity contribution is -0.123. The van der Waals surface area contributed by atoms with Crippen LogP contribution >= 0.6 is 11.6 Å². The van der Waals surface area contributed by atoms with Gasteiger partial charge in [0.15, 0.2) is 6.61 Å². The molecule has 2 aromatic carbocycles. The zero-order valence-electron chi connectivity index (χ0n) is 13.5. The number of hydrogen-bond acceptors (Lipinski definition) is 3. The fourth-order valence-electron chi connectivity index (χ4n) is 2.72. The summed E-state index contributed by atoms with van der Waals surface area (Å²) in [5, 5.41) is 4.79. The smallest absolute Gasteiger partial charge is 0.277 e. The molecule has 0 saturated heterocycles. The molecular formula is C19H19ClN2O2. The Morgan fingerprint density at radius 3 is 2.71 bits per heavy atom. The molecule has 124 valence electrons. The van der Waals surface area contributed by atoms with Gasteiger partial charge in [-0.05, 0) is 73.2 Å². The topological polar surface area (TPSA) is 50.7 Å². The number of amides is 1. The van der Waals surface area contributed by atoms with Gasteiger partial charge in [0.1, 0.15) is 5.75 Å². The lowest BCUT2D eigenvalue weighted by Crippen LogP contribution is -2.25. The third-order valence-corrected chi connectivity index (χ3v) is 4.30. The van der Waals surface area contributed by atoms with Gasteiger partial charge in [-0.25, -0.2) is 5.43 Å². The van der Waals surface area contributed by atoms with Crippen molar-refractivity contribution in [3.8, 4) is 5.75 Å². The SMILES string of the molecule is C/C(=N/NC(=O)COc1ccc(Cl)cc1)c1ccc2c(c1)CCC2. The van der Waals surface area contributed by atoms with Crippen molar-refractivity contribution < 1.29 is 9.53 Å². The van der Waals surface area contributed by atoms with Crippen LogP contribution in [0.1, 0.15) is 30.0 Å². The molecule has 1 N–H and O–H groups in total. The first-order valence-corrected chi connectivity index (χ1v) is 8.33. The summed E-state index contributed by atoms with van der Waals surface area (Å²) in [6, 6.07) is 13.2. The molecule has 0 radical (unpaired) electrons. The monoisotopic (exact) mass is 342 g/mol. The molecule has 0 fully saturated rings. The van der Waals surface area contributed by atoms with E-state index in [1.165, 1.54) is 17.5 Å². The summed E-state index contributed by atoms with van der Waals surface area (Å²) in [6.07, 6.45) is 3.50. The Hall–Kier alpha value is -2.33. The lowest BCUT2D eigenvalue weighted by atomic mass is 10.0. The highest BCUT2D eigenvalue weighted by Gasteiger charge is 2.11. The molecule has 0 unspecified atom stereocenters. The average molecular weight is 343 g/mol. The number of hydrogen-bond donors (Lipinski definition) is 1. The van der Waals surface area contributed by atoms with E-state index in [0.717, 1.165) is 24.1 Å². The number of aryl methyl sites for hydroxylation is 2. The van der Waals surface area contributed by atoms with Crippen molar-refractivity contribution in [1.29, 1.82) is 0 Å². The second-order valence-corrected chi connectivity index (χ2v) is 6.25. The van der Waals surface area contributed by atoms with E-state index in [4.69, 9.17) is 16.3 Å². The van der Waals surface area contributed by atoms with Gasteiger partial charge in [-0.15, -0.1) is 0 Å². The average Bonchev–Trinajstić information content (AvgIpc) is 3.06. The summed E-state index contributed by atoms with van der Waals surface area (Å²) < 4.78 is 5.38. The van der Waals surface area contributed by atoms with Gasteiger partial charge in [-0.2, -0.15) is 5.10 Å². The van der Waals surface area contributed by atoms with E-state index < -0.39 is 0 Å². The van der Waals surface area contributed by atoms with E-state index in [9.17, 15) is 4.79 Å². The van der Waals surface area contributed by atoms with Crippen molar-refractivity contribution in [2.75, 3.05) is 6.61 Å². The van der Waals surface area contributed by atoms with Crippen LogP contribution in [-0.4, -0.2) is 18.2 Å². The van der Waals surface area contributed by atoms with Crippen LogP contribution in [0.15, 0.2) is 47.6 Å². The number of nitrogens with zero attached hydrogens (tertiary/aromatic N) is 1. The van der Waals surface area contributed by atoms with Crippen LogP contribution in [-0.2, 0) is 17.6 Å². The van der Waals surface area contributed by atoms with Crippen molar-refractivity contribution in [3.05, 3.63) is 64.2 Å². The number of fused-ring (bicyclic) bond motifs is 1. The Morgan fingerprint density at radius 2 is 1.92 bits per heavy atom. The molecule has 0 bridgehead atoms. The zero-order chi connectivity index (χ0) is 16.9. The molecule has 5 heteroatoms. The standard InChI is InChI=1S/C19H19ClN2O2/c1-13(15-6-5-14-3-2-4-16(14)11-15)21-22-19(23)12-24-18-9-7-17(20)8-10-18/h5-11H,2-4,12H2,1H3,(H,22,23)/b21-13-. The van der Waals surface area contributed by atoms with Crippen LogP contribution in [0, 0.1) is 0 Å². The number of hydrazone groups is 1. The van der Waals surface area contributed by atoms with Crippen LogP contribution < -0.4 is 10.2 Å². The number of carbonyl (C=O) groups is 1. The number of benzene rings is 2. The Morgan fingerprint density at radius 1 is 1.17 bits per heavy atom. The quantitative estimate of drug-likeness (QED) is 0.664. The normalized spacial score (nSPS) is 13.5. The number of rotatable bonds is 5. The molecule has 0 atom stereocenters. The fraction of sp³-hybridized carbons (Fsp3) is 0.263. The maximum absolute atomic E-state index is 11.8. The minimum absolute atomic E-state index is 0.0946. The van der Waals surface area contributed by atoms with E-state index in [1.54, 1.807) is 24.3 Å². The maximum Gasteiger partial charge on any atom is 0.277 e. The highest BCUT2D eigenvalue weighted by Crippen LogP contribution is 2.23. The number of halogens is 1. The Balaban J connectivity index is 1.54. The van der Waals surface area contributed by atoms with E-state index in [-0.39, 0.29) is 12.5 Å². The molecule has 2 aromatic rings. The first-order chi connectivity index (χ1) is 11.6. The predicted molar refractivity (Wildman–Crippen MR) is 95.8 cm³/mol. The van der Waals surface area contributed by atoms with Gasteiger partial charge in [0, 0.05) is 5.02 Å². The Bertz CT molecular complexity index is 769. The van der Waals surface area contributed by atoms with Gasteiger partial charge in [0.05, 0.1) is 5.71 Å². The highest BCUT2D eigenvalue weighted by atomic mass is 35.5. The van der Waals surface area contributed by atoms with E-state index in [2.05, 4.69) is 28.7 Å². The van der Waals surface area contributed by atoms with Crippen molar-refractivity contribution in [3.63, 3.8) is 0 Å². The third-order valence-electron chi connectivity index (χ3n) is 4.05. The second kappa shape index (κ2) is 7.49. The molecule has 0 spiro atoms. The first-order valence-electron chi connectivity index (χ1n) is 7.95. The lowest BCUT2D eigenvalue weighted by Gasteiger charge is -2.07. The van der Waals surface area contributed by atoms with Crippen molar-refractivity contribution >= 4 is 23.2 Å². The van der Waals surface area contributed by atoms with Crippen molar-refractivity contribution in [2.45, 2.75) is 26.2 Å². The third kappa shape index (κ3) is 4.15. The molecule has 4 nitrogen and oxygen atoms in total. The first kappa shape index (κ1) is 16.5. The summed E-state index contributed by atoms with van der Waals surface area (Å²) in [5.41, 5.74) is 7.16. The van der Waals surface area contributed by atoms with Gasteiger partial charge in [-0.3, -0.25) is 4.79 Å². The highest BCUT2D eigenvalue weighted by molar-refractivity contribution is 6.30. The minimum Gasteiger partial charge on any atom is -0.484 e. The fourth-order valence-corrected chi connectivity index (χ4v) is 2.85. The zero-order valence-corrected chi connectivity index (χ0v) is 14.3. The van der Waals surface area contributed by atoms with Crippen LogP contribution in [0.4, 0.5) is 0 Å².